The van der Waals surface area contributed by atoms with Crippen LogP contribution in [0, 0.1) is 0 Å². The van der Waals surface area contributed by atoms with E-state index < -0.39 is 0 Å². The number of nitrogens with zero attached hydrogens (tertiary/aromatic N) is 5. The van der Waals surface area contributed by atoms with Crippen LogP contribution < -0.4 is 4.74 Å². The van der Waals surface area contributed by atoms with Gasteiger partial charge in [0, 0.05) is 55.5 Å². The van der Waals surface area contributed by atoms with Gasteiger partial charge in [0.1, 0.15) is 11.8 Å². The number of hydrogen-bond donors (Lipinski definition) is 0. The molecule has 0 aromatic carbocycles. The van der Waals surface area contributed by atoms with E-state index in [0.29, 0.717) is 12.5 Å². The van der Waals surface area contributed by atoms with Crippen LogP contribution >= 0.6 is 0 Å². The standard InChI is InChI=1S/C23H23N5O2/c1-29-23-18(4-3-9-25-23)14-27-12-13-30-21(16-27)19-15-28-20(5-2-6-22(28)26-19)17-7-10-24-11-8-17/h2-11,15,21H,12-14,16H2,1H3/t21-/m1/s1. The van der Waals surface area contributed by atoms with Crippen LogP contribution in [0.1, 0.15) is 17.4 Å². The van der Waals surface area contributed by atoms with Crippen LogP contribution in [-0.2, 0) is 11.3 Å². The predicted octanol–water partition coefficient (Wildman–Crippen LogP) is 3.37. The second-order valence-corrected chi connectivity index (χ2v) is 7.31. The fraction of sp³-hybridized carbons (Fsp3) is 0.261. The molecule has 0 radical (unpaired) electrons. The third-order valence-electron chi connectivity index (χ3n) is 5.40. The molecule has 30 heavy (non-hydrogen) atoms. The van der Waals surface area contributed by atoms with Gasteiger partial charge in [-0.2, -0.15) is 0 Å². The summed E-state index contributed by atoms with van der Waals surface area (Å²) in [6.07, 6.45) is 7.37. The van der Waals surface area contributed by atoms with Gasteiger partial charge in [0.05, 0.1) is 25.1 Å². The highest BCUT2D eigenvalue weighted by molar-refractivity contribution is 5.63. The van der Waals surface area contributed by atoms with Crippen molar-refractivity contribution in [3.8, 4) is 17.1 Å². The van der Waals surface area contributed by atoms with Gasteiger partial charge in [-0.05, 0) is 30.3 Å². The van der Waals surface area contributed by atoms with Gasteiger partial charge in [-0.1, -0.05) is 12.1 Å². The van der Waals surface area contributed by atoms with Crippen molar-refractivity contribution < 1.29 is 9.47 Å². The molecule has 7 heteroatoms. The molecule has 0 saturated carbocycles. The average Bonchev–Trinajstić information content (AvgIpc) is 3.25. The number of ether oxygens (including phenoxy) is 2. The van der Waals surface area contributed by atoms with Crippen LogP contribution in [0.15, 0.2) is 67.3 Å². The molecule has 4 aromatic heterocycles. The average molecular weight is 401 g/mol. The van der Waals surface area contributed by atoms with Crippen molar-refractivity contribution in [2.24, 2.45) is 0 Å². The molecule has 1 saturated heterocycles. The Kier molecular flexibility index (Phi) is 5.13. The second kappa shape index (κ2) is 8.22. The number of aromatic nitrogens is 4. The molecule has 4 aromatic rings. The molecule has 0 aliphatic carbocycles. The monoisotopic (exact) mass is 401 g/mol. The van der Waals surface area contributed by atoms with E-state index in [2.05, 4.69) is 37.6 Å². The van der Waals surface area contributed by atoms with Gasteiger partial charge in [-0.25, -0.2) is 9.97 Å². The first-order valence-corrected chi connectivity index (χ1v) is 10.0. The Morgan fingerprint density at radius 3 is 2.87 bits per heavy atom. The third kappa shape index (κ3) is 3.65. The molecule has 7 nitrogen and oxygen atoms in total. The Hall–Kier alpha value is -3.29. The number of methoxy groups -OCH3 is 1. The Bertz CT molecular complexity index is 1140. The maximum atomic E-state index is 6.09. The molecular formula is C23H23N5O2. The van der Waals surface area contributed by atoms with Crippen molar-refractivity contribution in [3.05, 3.63) is 78.5 Å². The van der Waals surface area contributed by atoms with Gasteiger partial charge in [-0.15, -0.1) is 0 Å². The van der Waals surface area contributed by atoms with Crippen molar-refractivity contribution >= 4 is 5.65 Å². The van der Waals surface area contributed by atoms with Crippen LogP contribution in [0.5, 0.6) is 5.88 Å². The first-order valence-electron chi connectivity index (χ1n) is 10.0. The summed E-state index contributed by atoms with van der Waals surface area (Å²) >= 11 is 0. The Morgan fingerprint density at radius 2 is 2.00 bits per heavy atom. The summed E-state index contributed by atoms with van der Waals surface area (Å²) in [5.74, 6) is 0.676. The summed E-state index contributed by atoms with van der Waals surface area (Å²) in [6.45, 7) is 3.07. The predicted molar refractivity (Wildman–Crippen MR) is 113 cm³/mol. The van der Waals surface area contributed by atoms with Gasteiger partial charge in [-0.3, -0.25) is 14.3 Å². The summed E-state index contributed by atoms with van der Waals surface area (Å²) in [6, 6.07) is 14.2. The fourth-order valence-corrected chi connectivity index (χ4v) is 3.94. The molecule has 1 aliphatic heterocycles. The molecular weight excluding hydrogens is 378 g/mol. The van der Waals surface area contributed by atoms with E-state index in [0.717, 1.165) is 47.8 Å². The first kappa shape index (κ1) is 18.7. The number of morpholine rings is 1. The molecule has 0 N–H and O–H groups in total. The van der Waals surface area contributed by atoms with Crippen molar-refractivity contribution in [1.29, 1.82) is 0 Å². The minimum absolute atomic E-state index is 0.0772. The van der Waals surface area contributed by atoms with E-state index in [9.17, 15) is 0 Å². The maximum Gasteiger partial charge on any atom is 0.217 e. The van der Waals surface area contributed by atoms with Gasteiger partial charge >= 0.3 is 0 Å². The molecule has 1 fully saturated rings. The largest absolute Gasteiger partial charge is 0.481 e. The van der Waals surface area contributed by atoms with E-state index in [1.807, 2.05) is 30.3 Å². The Morgan fingerprint density at radius 1 is 1.10 bits per heavy atom. The van der Waals surface area contributed by atoms with Crippen molar-refractivity contribution in [2.75, 3.05) is 26.8 Å². The van der Waals surface area contributed by atoms with Crippen molar-refractivity contribution in [1.82, 2.24) is 24.3 Å². The lowest BCUT2D eigenvalue weighted by Crippen LogP contribution is -2.38. The summed E-state index contributed by atoms with van der Waals surface area (Å²) in [7, 11) is 1.66. The molecule has 1 atom stereocenters. The molecule has 0 bridgehead atoms. The number of pyridine rings is 3. The quantitative estimate of drug-likeness (QED) is 0.511. The van der Waals surface area contributed by atoms with Crippen LogP contribution in [-0.4, -0.2) is 51.1 Å². The van der Waals surface area contributed by atoms with Crippen molar-refractivity contribution in [2.45, 2.75) is 12.6 Å². The Balaban J connectivity index is 1.40. The normalized spacial score (nSPS) is 17.3. The highest BCUT2D eigenvalue weighted by atomic mass is 16.5. The summed E-state index contributed by atoms with van der Waals surface area (Å²) in [5, 5.41) is 0. The van der Waals surface area contributed by atoms with Crippen LogP contribution in [0.25, 0.3) is 16.9 Å². The lowest BCUT2D eigenvalue weighted by Gasteiger charge is -2.32. The van der Waals surface area contributed by atoms with E-state index in [4.69, 9.17) is 14.5 Å². The van der Waals surface area contributed by atoms with Crippen LogP contribution in [0.2, 0.25) is 0 Å². The van der Waals surface area contributed by atoms with Crippen molar-refractivity contribution in [3.63, 3.8) is 0 Å². The highest BCUT2D eigenvalue weighted by Gasteiger charge is 2.25. The lowest BCUT2D eigenvalue weighted by atomic mass is 10.1. The SMILES string of the molecule is COc1ncccc1CN1CCO[C@@H](c2cn3c(-c4ccncc4)cccc3n2)C1. The zero-order valence-corrected chi connectivity index (χ0v) is 16.8. The summed E-state index contributed by atoms with van der Waals surface area (Å²) < 4.78 is 13.6. The number of imidazole rings is 1. The smallest absolute Gasteiger partial charge is 0.217 e. The zero-order valence-electron chi connectivity index (χ0n) is 16.8. The molecule has 5 rings (SSSR count). The number of fused-ring (bicyclic) bond motifs is 1. The number of hydrogen-bond acceptors (Lipinski definition) is 6. The van der Waals surface area contributed by atoms with E-state index >= 15 is 0 Å². The van der Waals surface area contributed by atoms with Crippen LogP contribution in [0.4, 0.5) is 0 Å². The van der Waals surface area contributed by atoms with E-state index in [-0.39, 0.29) is 6.10 Å². The molecule has 5 heterocycles. The van der Waals surface area contributed by atoms with E-state index in [1.165, 1.54) is 0 Å². The summed E-state index contributed by atoms with van der Waals surface area (Å²) in [5.41, 5.74) is 5.12. The minimum atomic E-state index is -0.0772. The molecule has 0 spiro atoms. The topological polar surface area (TPSA) is 64.8 Å². The molecule has 0 unspecified atom stereocenters. The van der Waals surface area contributed by atoms with E-state index in [1.54, 1.807) is 25.7 Å². The van der Waals surface area contributed by atoms with Gasteiger partial charge in [0.2, 0.25) is 5.88 Å². The van der Waals surface area contributed by atoms with Gasteiger partial charge in [0.25, 0.3) is 0 Å². The Labute approximate surface area is 174 Å². The second-order valence-electron chi connectivity index (χ2n) is 7.31. The fourth-order valence-electron chi connectivity index (χ4n) is 3.94. The number of rotatable bonds is 5. The lowest BCUT2D eigenvalue weighted by molar-refractivity contribution is -0.0349. The van der Waals surface area contributed by atoms with Gasteiger partial charge < -0.3 is 9.47 Å². The maximum absolute atomic E-state index is 6.09. The molecule has 1 aliphatic rings. The highest BCUT2D eigenvalue weighted by Crippen LogP contribution is 2.27. The third-order valence-corrected chi connectivity index (χ3v) is 5.40. The zero-order chi connectivity index (χ0) is 20.3. The minimum Gasteiger partial charge on any atom is -0.481 e. The summed E-state index contributed by atoms with van der Waals surface area (Å²) in [4.78, 5) is 15.6. The molecule has 0 amide bonds. The molecule has 152 valence electrons. The first-order chi connectivity index (χ1) is 14.8. The van der Waals surface area contributed by atoms with Crippen LogP contribution in [0.3, 0.4) is 0 Å². The van der Waals surface area contributed by atoms with Gasteiger partial charge in [0.15, 0.2) is 0 Å².